The highest BCUT2D eigenvalue weighted by Gasteiger charge is 2.29. The Balaban J connectivity index is 0.000000212. The number of benzene rings is 2. The van der Waals surface area contributed by atoms with Gasteiger partial charge < -0.3 is 28.1 Å². The number of pyridine rings is 2. The van der Waals surface area contributed by atoms with E-state index in [1.165, 1.54) is 26.2 Å². The van der Waals surface area contributed by atoms with Crippen molar-refractivity contribution in [3.05, 3.63) is 156 Å². The molecular formula is C36H34F6N2O7. The van der Waals surface area contributed by atoms with E-state index < -0.39 is 42.0 Å². The molecule has 51 heavy (non-hydrogen) atoms. The Morgan fingerprint density at radius 3 is 1.51 bits per heavy atom. The van der Waals surface area contributed by atoms with Crippen LogP contribution in [0.15, 0.2) is 116 Å². The molecule has 2 aromatic carbocycles. The average Bonchev–Trinajstić information content (AvgIpc) is 3.07. The molecule has 9 nitrogen and oxygen atoms in total. The van der Waals surface area contributed by atoms with Gasteiger partial charge in [-0.2, -0.15) is 26.3 Å². The van der Waals surface area contributed by atoms with Gasteiger partial charge in [-0.05, 0) is 31.9 Å². The first kappa shape index (κ1) is 39.7. The highest BCUT2D eigenvalue weighted by molar-refractivity contribution is 5.28. The summed E-state index contributed by atoms with van der Waals surface area (Å²) >= 11 is 0. The van der Waals surface area contributed by atoms with Crippen molar-refractivity contribution in [1.29, 1.82) is 0 Å². The third-order valence-corrected chi connectivity index (χ3v) is 6.96. The van der Waals surface area contributed by atoms with E-state index in [2.05, 4.69) is 0 Å². The average molecular weight is 721 g/mol. The minimum Gasteiger partial charge on any atom is -0.503 e. The predicted octanol–water partition coefficient (Wildman–Crippen LogP) is 7.25. The van der Waals surface area contributed by atoms with Gasteiger partial charge in [0, 0.05) is 30.6 Å². The molecule has 5 aromatic rings. The van der Waals surface area contributed by atoms with E-state index in [0.717, 1.165) is 44.8 Å². The lowest BCUT2D eigenvalue weighted by atomic mass is 10.2. The second-order valence-electron chi connectivity index (χ2n) is 10.9. The number of ether oxygens (including phenoxy) is 2. The van der Waals surface area contributed by atoms with Crippen molar-refractivity contribution < 1.29 is 45.3 Å². The fourth-order valence-electron chi connectivity index (χ4n) is 4.35. The van der Waals surface area contributed by atoms with Crippen LogP contribution >= 0.6 is 0 Å². The summed E-state index contributed by atoms with van der Waals surface area (Å²) in [6.45, 7) is 2.54. The minimum absolute atomic E-state index is 0.0504. The van der Waals surface area contributed by atoms with Crippen LogP contribution in [0, 0.1) is 20.8 Å². The number of alkyl halides is 6. The summed E-state index contributed by atoms with van der Waals surface area (Å²) in [6, 6.07) is 22.1. The van der Waals surface area contributed by atoms with E-state index in [4.69, 9.17) is 19.0 Å². The maximum atomic E-state index is 12.5. The molecule has 3 aromatic heterocycles. The minimum atomic E-state index is -4.37. The van der Waals surface area contributed by atoms with E-state index >= 15 is 0 Å². The molecule has 0 amide bonds. The first-order valence-electron chi connectivity index (χ1n) is 15.1. The van der Waals surface area contributed by atoms with Crippen molar-refractivity contribution in [2.45, 2.75) is 59.4 Å². The quantitative estimate of drug-likeness (QED) is 0.168. The van der Waals surface area contributed by atoms with Gasteiger partial charge in [0.05, 0.1) is 17.7 Å². The molecule has 0 saturated carbocycles. The van der Waals surface area contributed by atoms with Crippen LogP contribution in [0.2, 0.25) is 0 Å². The normalized spacial score (nSPS) is 11.1. The third-order valence-electron chi connectivity index (χ3n) is 6.96. The van der Waals surface area contributed by atoms with Crippen LogP contribution in [0.5, 0.6) is 17.2 Å². The summed E-state index contributed by atoms with van der Waals surface area (Å²) in [5, 5.41) is 9.08. The van der Waals surface area contributed by atoms with Crippen LogP contribution in [0.4, 0.5) is 26.3 Å². The maximum Gasteiger partial charge on any atom is 0.406 e. The summed E-state index contributed by atoms with van der Waals surface area (Å²) in [4.78, 5) is 34.0. The second-order valence-corrected chi connectivity index (χ2v) is 10.9. The van der Waals surface area contributed by atoms with Crippen molar-refractivity contribution in [3.8, 4) is 17.2 Å². The number of aromatic hydroxyl groups is 1. The largest absolute Gasteiger partial charge is 0.503 e. The zero-order valence-electron chi connectivity index (χ0n) is 27.6. The first-order chi connectivity index (χ1) is 23.9. The van der Waals surface area contributed by atoms with E-state index in [-0.39, 0.29) is 34.9 Å². The predicted molar refractivity (Wildman–Crippen MR) is 176 cm³/mol. The Kier molecular flexibility index (Phi) is 13.8. The fourth-order valence-corrected chi connectivity index (χ4v) is 4.35. The van der Waals surface area contributed by atoms with Crippen molar-refractivity contribution in [2.75, 3.05) is 0 Å². The van der Waals surface area contributed by atoms with Gasteiger partial charge in [0.25, 0.3) is 0 Å². The Hall–Kier alpha value is -5.73. The third kappa shape index (κ3) is 12.9. The van der Waals surface area contributed by atoms with Gasteiger partial charge in [0.2, 0.25) is 22.0 Å². The molecule has 15 heteroatoms. The summed E-state index contributed by atoms with van der Waals surface area (Å²) in [6.07, 6.45) is -5.22. The van der Waals surface area contributed by atoms with E-state index in [9.17, 15) is 40.7 Å². The summed E-state index contributed by atoms with van der Waals surface area (Å²) in [5.74, 6) is 0.0946. The van der Waals surface area contributed by atoms with E-state index in [0.29, 0.717) is 12.4 Å². The fraction of sp³-hybridized carbons (Fsp3) is 0.250. The smallest absolute Gasteiger partial charge is 0.406 e. The number of hydrogen-bond acceptors (Lipinski definition) is 7. The van der Waals surface area contributed by atoms with Crippen molar-refractivity contribution in [2.24, 2.45) is 0 Å². The molecule has 0 atom stereocenters. The number of rotatable bonds is 8. The van der Waals surface area contributed by atoms with E-state index in [1.807, 2.05) is 60.7 Å². The monoisotopic (exact) mass is 720 g/mol. The lowest BCUT2D eigenvalue weighted by Crippen LogP contribution is -2.22. The molecule has 3 heterocycles. The van der Waals surface area contributed by atoms with Gasteiger partial charge >= 0.3 is 12.4 Å². The van der Waals surface area contributed by atoms with Crippen LogP contribution in [-0.2, 0) is 26.3 Å². The van der Waals surface area contributed by atoms with Crippen molar-refractivity contribution in [1.82, 2.24) is 9.13 Å². The van der Waals surface area contributed by atoms with E-state index in [1.54, 1.807) is 6.92 Å². The van der Waals surface area contributed by atoms with Gasteiger partial charge in [-0.25, -0.2) is 0 Å². The standard InChI is InChI=1S/C15H14F3NO2.C13H12O3.C8H8F3NO2/c1-11-14(21-9-12-5-3-2-4-6-12)13(20)7-8-19(11)10-15(16,17)18;1-10-13(12(14)7-8-15-10)16-9-11-5-3-2-4-6-11;1-5-7(14)6(13)2-3-12(5)4-8(9,10)11/h2-8H,9-10H2,1H3;2-8H,9H2,1H3;2-3,14H,4H2,1H3. The Morgan fingerprint density at radius 2 is 1.04 bits per heavy atom. The van der Waals surface area contributed by atoms with Gasteiger partial charge in [-0.3, -0.25) is 14.4 Å². The van der Waals surface area contributed by atoms with Crippen molar-refractivity contribution in [3.63, 3.8) is 0 Å². The van der Waals surface area contributed by atoms with Crippen LogP contribution < -0.4 is 25.8 Å². The topological polar surface area (TPSA) is 113 Å². The van der Waals surface area contributed by atoms with Crippen LogP contribution in [-0.4, -0.2) is 26.6 Å². The van der Waals surface area contributed by atoms with Crippen LogP contribution in [0.25, 0.3) is 0 Å². The Morgan fingerprint density at radius 1 is 0.608 bits per heavy atom. The van der Waals surface area contributed by atoms with Gasteiger partial charge in [0.15, 0.2) is 11.5 Å². The zero-order valence-corrected chi connectivity index (χ0v) is 27.6. The summed E-state index contributed by atoms with van der Waals surface area (Å²) in [5.41, 5.74) is 0.667. The summed E-state index contributed by atoms with van der Waals surface area (Å²) in [7, 11) is 0. The zero-order chi connectivity index (χ0) is 37.8. The summed E-state index contributed by atoms with van der Waals surface area (Å²) < 4.78 is 91.0. The Labute approximate surface area is 287 Å². The molecule has 0 bridgehead atoms. The number of hydrogen-bond donors (Lipinski definition) is 1. The number of aryl methyl sites for hydroxylation is 1. The molecule has 272 valence electrons. The van der Waals surface area contributed by atoms with Crippen LogP contribution in [0.1, 0.15) is 28.3 Å². The highest BCUT2D eigenvalue weighted by atomic mass is 19.4. The molecule has 0 unspecified atom stereocenters. The number of halogens is 6. The lowest BCUT2D eigenvalue weighted by molar-refractivity contribution is -0.141. The molecule has 0 aliphatic heterocycles. The lowest BCUT2D eigenvalue weighted by Gasteiger charge is -2.16. The molecular weight excluding hydrogens is 686 g/mol. The second kappa shape index (κ2) is 17.8. The van der Waals surface area contributed by atoms with Gasteiger partial charge in [-0.15, -0.1) is 0 Å². The molecule has 5 rings (SSSR count). The molecule has 0 aliphatic rings. The first-order valence-corrected chi connectivity index (χ1v) is 15.1. The molecule has 1 N–H and O–H groups in total. The van der Waals surface area contributed by atoms with Crippen LogP contribution in [0.3, 0.4) is 0 Å². The Bertz CT molecular complexity index is 2040. The van der Waals surface area contributed by atoms with Crippen molar-refractivity contribution >= 4 is 0 Å². The molecule has 0 radical (unpaired) electrons. The molecule has 0 aliphatic carbocycles. The molecule has 0 fully saturated rings. The number of nitrogens with zero attached hydrogens (tertiary/aromatic N) is 2. The van der Waals surface area contributed by atoms with Gasteiger partial charge in [-0.1, -0.05) is 60.7 Å². The number of aromatic nitrogens is 2. The van der Waals surface area contributed by atoms with Gasteiger partial charge in [0.1, 0.15) is 32.1 Å². The maximum absolute atomic E-state index is 12.5. The SMILES string of the molecule is Cc1c(O)c(=O)ccn1CC(F)(F)F.Cc1c(OCc2ccccc2)c(=O)ccn1CC(F)(F)F.Cc1occc(=O)c1OCc1ccccc1. The highest BCUT2D eigenvalue weighted by Crippen LogP contribution is 2.22. The molecule has 0 spiro atoms. The molecule has 0 saturated heterocycles.